The topological polar surface area (TPSA) is 37.3 Å². The van der Waals surface area contributed by atoms with Gasteiger partial charge in [-0.25, -0.2) is 0 Å². The number of Topliss-reactive ketones (excluding diaryl/α,β-unsaturated/α-hetero) is 1. The van der Waals surface area contributed by atoms with E-state index < -0.39 is 5.60 Å². The summed E-state index contributed by atoms with van der Waals surface area (Å²) in [6.45, 7) is 32.6. The maximum atomic E-state index is 12.9. The van der Waals surface area contributed by atoms with E-state index in [1.807, 2.05) is 25.1 Å². The van der Waals surface area contributed by atoms with Gasteiger partial charge in [-0.1, -0.05) is 193 Å². The van der Waals surface area contributed by atoms with Gasteiger partial charge in [-0.3, -0.25) is 4.79 Å². The lowest BCUT2D eigenvalue weighted by atomic mass is 9.57. The van der Waals surface area contributed by atoms with Crippen LogP contribution in [-0.2, 0) is 41.1 Å². The molecule has 0 saturated carbocycles. The number of aliphatic hydroxyl groups is 1. The highest BCUT2D eigenvalue weighted by Gasteiger charge is 2.51. The molecule has 5 atom stereocenters. The maximum absolute atomic E-state index is 12.9. The van der Waals surface area contributed by atoms with E-state index in [1.165, 1.54) is 79.6 Å². The van der Waals surface area contributed by atoms with Crippen LogP contribution in [0.2, 0.25) is 0 Å². The third-order valence-electron chi connectivity index (χ3n) is 15.7. The van der Waals surface area contributed by atoms with Gasteiger partial charge in [0.15, 0.2) is 5.78 Å². The van der Waals surface area contributed by atoms with Gasteiger partial charge in [0.1, 0.15) is 5.60 Å². The van der Waals surface area contributed by atoms with Gasteiger partial charge >= 0.3 is 0 Å². The normalized spacial score (nSPS) is 23.3. The van der Waals surface area contributed by atoms with Crippen LogP contribution in [0.1, 0.15) is 154 Å². The Labute approximate surface area is 411 Å². The number of hydrogen-bond acceptors (Lipinski definition) is 2. The Morgan fingerprint density at radius 1 is 0.544 bits per heavy atom. The van der Waals surface area contributed by atoms with E-state index in [2.05, 4.69) is 203 Å². The van der Waals surface area contributed by atoms with Crippen molar-refractivity contribution in [2.24, 2.45) is 0 Å². The molecular weight excluding hydrogens is 825 g/mol. The fourth-order valence-electron chi connectivity index (χ4n) is 11.2. The first-order chi connectivity index (χ1) is 32.4. The standard InChI is InChI=1S/C22H26O.C22H26.C19H20O.C3H6/c1-5-13-22(23)20-11-8-17(3)15-18(20)12-14-21(22,4)19-9-6-16(2)7-10-19;1-5-6-21-20-12-9-17(3)15-18(20)13-14-22(21,4)19-10-7-16(2)8-11-19;1-13-4-7-16(8-5-13)19(3)11-10-15-12-14(2)6-9-17(15)18(19)20;1-3-2/h5-11,15,23H,1,12-14H2,2-4H3;5,7-12,15,21H,1,6,13-14H2,2-4H3;4-9,12H,10-11H2,1-3H3;3H,1H2,2H3/t21-,22?;21-,22-;19-;/m111./s1. The number of ketones is 1. The van der Waals surface area contributed by atoms with Crippen molar-refractivity contribution in [1.82, 2.24) is 0 Å². The molecule has 0 heterocycles. The molecule has 0 aliphatic heterocycles. The fraction of sp³-hybridized carbons (Fsp3) is 0.348. The lowest BCUT2D eigenvalue weighted by molar-refractivity contribution is -0.0486. The van der Waals surface area contributed by atoms with E-state index >= 15 is 0 Å². The van der Waals surface area contributed by atoms with Crippen LogP contribution in [0, 0.1) is 41.5 Å². The van der Waals surface area contributed by atoms with Crippen LogP contribution >= 0.6 is 0 Å². The minimum atomic E-state index is -0.911. The molecule has 9 rings (SSSR count). The van der Waals surface area contributed by atoms with Crippen LogP contribution in [0.4, 0.5) is 0 Å². The van der Waals surface area contributed by atoms with E-state index in [0.717, 1.165) is 48.8 Å². The largest absolute Gasteiger partial charge is 0.384 e. The molecule has 6 aromatic rings. The summed E-state index contributed by atoms with van der Waals surface area (Å²) >= 11 is 0. The highest BCUT2D eigenvalue weighted by molar-refractivity contribution is 6.06. The zero-order chi connectivity index (χ0) is 49.4. The highest BCUT2D eigenvalue weighted by Crippen LogP contribution is 2.53. The molecule has 0 spiro atoms. The summed E-state index contributed by atoms with van der Waals surface area (Å²) in [6.07, 6.45) is 13.5. The molecule has 0 saturated heterocycles. The molecule has 2 nitrogen and oxygen atoms in total. The zero-order valence-electron chi connectivity index (χ0n) is 43.1. The Bertz CT molecular complexity index is 2720. The molecule has 68 heavy (non-hydrogen) atoms. The molecule has 6 aromatic carbocycles. The second kappa shape index (κ2) is 21.6. The maximum Gasteiger partial charge on any atom is 0.173 e. The van der Waals surface area contributed by atoms with Crippen molar-refractivity contribution in [3.05, 3.63) is 249 Å². The van der Waals surface area contributed by atoms with E-state index in [9.17, 15) is 9.90 Å². The summed E-state index contributed by atoms with van der Waals surface area (Å²) < 4.78 is 0. The van der Waals surface area contributed by atoms with Crippen molar-refractivity contribution in [3.63, 3.8) is 0 Å². The molecule has 0 aromatic heterocycles. The van der Waals surface area contributed by atoms with Crippen LogP contribution in [0.3, 0.4) is 0 Å². The zero-order valence-corrected chi connectivity index (χ0v) is 43.1. The van der Waals surface area contributed by atoms with Crippen LogP contribution in [-0.4, -0.2) is 10.9 Å². The Morgan fingerprint density at radius 3 is 1.56 bits per heavy atom. The number of allylic oxidation sites excluding steroid dienone is 2. The summed E-state index contributed by atoms with van der Waals surface area (Å²) in [4.78, 5) is 12.9. The predicted octanol–water partition coefficient (Wildman–Crippen LogP) is 16.4. The summed E-state index contributed by atoms with van der Waals surface area (Å²) in [5.74, 6) is 0.791. The molecular formula is C66H78O2. The molecule has 0 radical (unpaired) electrons. The SMILES string of the molecule is C=CC.C=CCC1(O)c2ccc(C)cc2CC[C@]1(C)c1ccc(C)cc1.C=CC[C@@H]1c2ccc(C)cc2CC[C@]1(C)c1ccc(C)cc1.Cc1ccc([C@@]2(C)CCc3cc(C)ccc3C2=O)cc1. The fourth-order valence-corrected chi connectivity index (χ4v) is 11.2. The van der Waals surface area contributed by atoms with Gasteiger partial charge in [0, 0.05) is 11.0 Å². The average Bonchev–Trinajstić information content (AvgIpc) is 3.31. The third-order valence-corrected chi connectivity index (χ3v) is 15.7. The van der Waals surface area contributed by atoms with Crippen molar-refractivity contribution < 1.29 is 9.90 Å². The molecule has 1 unspecified atom stereocenters. The lowest BCUT2D eigenvalue weighted by Gasteiger charge is -2.50. The second-order valence-corrected chi connectivity index (χ2v) is 20.9. The van der Waals surface area contributed by atoms with E-state index in [1.54, 1.807) is 6.08 Å². The molecule has 0 amide bonds. The molecule has 2 heteroatoms. The van der Waals surface area contributed by atoms with E-state index in [0.29, 0.717) is 12.3 Å². The van der Waals surface area contributed by atoms with Crippen molar-refractivity contribution in [2.75, 3.05) is 0 Å². The third kappa shape index (κ3) is 10.6. The number of aryl methyl sites for hydroxylation is 9. The van der Waals surface area contributed by atoms with Gasteiger partial charge in [-0.2, -0.15) is 0 Å². The number of carbonyl (C=O) groups excluding carboxylic acids is 1. The first-order valence-electron chi connectivity index (χ1n) is 24.9. The first kappa shape index (κ1) is 51.6. The van der Waals surface area contributed by atoms with Gasteiger partial charge in [0.25, 0.3) is 0 Å². The van der Waals surface area contributed by atoms with Gasteiger partial charge < -0.3 is 5.11 Å². The van der Waals surface area contributed by atoms with Crippen molar-refractivity contribution >= 4 is 5.78 Å². The van der Waals surface area contributed by atoms with Crippen LogP contribution in [0.5, 0.6) is 0 Å². The Morgan fingerprint density at radius 2 is 1.00 bits per heavy atom. The van der Waals surface area contributed by atoms with Crippen molar-refractivity contribution in [2.45, 2.75) is 148 Å². The van der Waals surface area contributed by atoms with Gasteiger partial charge in [-0.05, 0) is 163 Å². The summed E-state index contributed by atoms with van der Waals surface area (Å²) in [5.41, 5.74) is 17.6. The number of fused-ring (bicyclic) bond motifs is 3. The lowest BCUT2D eigenvalue weighted by Crippen LogP contribution is -2.50. The Kier molecular flexibility index (Phi) is 16.4. The molecule has 3 aliphatic carbocycles. The minimum absolute atomic E-state index is 0.199. The van der Waals surface area contributed by atoms with Gasteiger partial charge in [-0.15, -0.1) is 19.7 Å². The first-order valence-corrected chi connectivity index (χ1v) is 24.9. The Hall–Kier alpha value is -5.83. The Balaban J connectivity index is 0.000000163. The van der Waals surface area contributed by atoms with Crippen LogP contribution in [0.15, 0.2) is 165 Å². The summed E-state index contributed by atoms with van der Waals surface area (Å²) in [5, 5.41) is 11.8. The predicted molar refractivity (Wildman–Crippen MR) is 291 cm³/mol. The molecule has 0 bridgehead atoms. The average molecular weight is 903 g/mol. The van der Waals surface area contributed by atoms with Crippen LogP contribution < -0.4 is 0 Å². The summed E-state index contributed by atoms with van der Waals surface area (Å²) in [6, 6.07) is 45.8. The highest BCUT2D eigenvalue weighted by atomic mass is 16.3. The number of benzene rings is 6. The molecule has 354 valence electrons. The molecule has 0 fully saturated rings. The monoisotopic (exact) mass is 903 g/mol. The van der Waals surface area contributed by atoms with Gasteiger partial charge in [0.05, 0.1) is 5.41 Å². The van der Waals surface area contributed by atoms with Crippen molar-refractivity contribution in [3.8, 4) is 0 Å². The van der Waals surface area contributed by atoms with Crippen LogP contribution in [0.25, 0.3) is 0 Å². The minimum Gasteiger partial charge on any atom is -0.384 e. The summed E-state index contributed by atoms with van der Waals surface area (Å²) in [7, 11) is 0. The number of hydrogen-bond donors (Lipinski definition) is 1. The quantitative estimate of drug-likeness (QED) is 0.162. The van der Waals surface area contributed by atoms with Gasteiger partial charge in [0.2, 0.25) is 0 Å². The number of carbonyl (C=O) groups is 1. The molecule has 1 N–H and O–H groups in total. The molecule has 3 aliphatic rings. The van der Waals surface area contributed by atoms with E-state index in [-0.39, 0.29) is 22.0 Å². The van der Waals surface area contributed by atoms with Crippen molar-refractivity contribution in [1.29, 1.82) is 0 Å². The van der Waals surface area contributed by atoms with E-state index in [4.69, 9.17) is 0 Å². The second-order valence-electron chi connectivity index (χ2n) is 20.9. The smallest absolute Gasteiger partial charge is 0.173 e. The number of rotatable bonds is 7.